The molecule has 1 heterocycles. The van der Waals surface area contributed by atoms with Crippen molar-refractivity contribution >= 4 is 28.2 Å². The van der Waals surface area contributed by atoms with Crippen molar-refractivity contribution in [2.24, 2.45) is 11.5 Å². The minimum absolute atomic E-state index is 0.404. The van der Waals surface area contributed by atoms with Crippen molar-refractivity contribution in [3.63, 3.8) is 0 Å². The van der Waals surface area contributed by atoms with Crippen LogP contribution in [0.2, 0.25) is 0 Å². The maximum atomic E-state index is 12.0. The monoisotopic (exact) mass is 404 g/mol. The third kappa shape index (κ3) is 6.04. The minimum Gasteiger partial charge on any atom is -0.365 e. The lowest BCUT2D eigenvalue weighted by Gasteiger charge is -2.14. The first-order valence-electron chi connectivity index (χ1n) is 10.9. The van der Waals surface area contributed by atoms with Gasteiger partial charge >= 0.3 is 0 Å². The molecule has 0 aliphatic heterocycles. The van der Waals surface area contributed by atoms with Gasteiger partial charge in [-0.05, 0) is 55.6 Å². The van der Waals surface area contributed by atoms with E-state index in [1.165, 1.54) is 37.7 Å². The van der Waals surface area contributed by atoms with E-state index in [0.717, 1.165) is 48.1 Å². The number of nitrogens with two attached hydrogens (primary N) is 2. The van der Waals surface area contributed by atoms with Crippen LogP contribution in [-0.2, 0) is 6.42 Å². The Balaban J connectivity index is 1.72. The first kappa shape index (κ1) is 21.8. The molecule has 2 aromatic carbocycles. The average molecular weight is 405 g/mol. The summed E-state index contributed by atoms with van der Waals surface area (Å²) >= 11 is 0. The number of hydrogen-bond acceptors (Lipinski definition) is 4. The fourth-order valence-corrected chi connectivity index (χ4v) is 3.74. The van der Waals surface area contributed by atoms with E-state index in [1.807, 2.05) is 36.4 Å². The van der Waals surface area contributed by atoms with Crippen LogP contribution in [0, 0.1) is 0 Å². The number of para-hydroxylation sites is 1. The van der Waals surface area contributed by atoms with Gasteiger partial charge in [0.1, 0.15) is 0 Å². The number of amides is 1. The fourth-order valence-electron chi connectivity index (χ4n) is 3.74. The Labute approximate surface area is 178 Å². The lowest BCUT2D eigenvalue weighted by molar-refractivity contribution is 0.100. The molecule has 0 unspecified atom stereocenters. The first-order chi connectivity index (χ1) is 14.7. The quantitative estimate of drug-likeness (QED) is 0.357. The molecule has 1 aromatic heterocycles. The number of primary amides is 1. The van der Waals surface area contributed by atoms with Gasteiger partial charge in [0.05, 0.1) is 16.8 Å². The number of rotatable bonds is 12. The summed E-state index contributed by atoms with van der Waals surface area (Å²) in [5.41, 5.74) is 15.3. The van der Waals surface area contributed by atoms with Gasteiger partial charge in [-0.1, -0.05) is 56.4 Å². The number of nitrogens with one attached hydrogen (secondary N) is 1. The SMILES string of the molecule is NCCCCCCCCCc1ccc2ncc(C(N)=O)c(Nc3ccccc3)c2c1. The molecule has 5 nitrogen and oxygen atoms in total. The highest BCUT2D eigenvalue weighted by molar-refractivity contribution is 6.07. The minimum atomic E-state index is -0.483. The highest BCUT2D eigenvalue weighted by Crippen LogP contribution is 2.30. The molecule has 0 bridgehead atoms. The summed E-state index contributed by atoms with van der Waals surface area (Å²) in [6.45, 7) is 0.801. The molecular weight excluding hydrogens is 372 g/mol. The van der Waals surface area contributed by atoms with Crippen LogP contribution >= 0.6 is 0 Å². The average Bonchev–Trinajstić information content (AvgIpc) is 2.76. The van der Waals surface area contributed by atoms with Gasteiger partial charge in [0.15, 0.2) is 0 Å². The van der Waals surface area contributed by atoms with Crippen molar-refractivity contribution in [1.29, 1.82) is 0 Å². The second-order valence-electron chi connectivity index (χ2n) is 7.77. The summed E-state index contributed by atoms with van der Waals surface area (Å²) in [6.07, 6.45) is 11.2. The number of nitrogens with zero attached hydrogens (tertiary/aromatic N) is 1. The summed E-state index contributed by atoms with van der Waals surface area (Å²) in [4.78, 5) is 16.5. The predicted molar refractivity (Wildman–Crippen MR) is 125 cm³/mol. The molecule has 0 saturated heterocycles. The van der Waals surface area contributed by atoms with E-state index in [4.69, 9.17) is 11.5 Å². The zero-order valence-electron chi connectivity index (χ0n) is 17.6. The molecule has 0 aliphatic carbocycles. The Bertz CT molecular complexity index is 956. The molecule has 1 amide bonds. The molecule has 158 valence electrons. The predicted octanol–water partition coefficient (Wildman–Crippen LogP) is 5.31. The van der Waals surface area contributed by atoms with Crippen LogP contribution in [0.15, 0.2) is 54.7 Å². The van der Waals surface area contributed by atoms with Crippen LogP contribution in [-0.4, -0.2) is 17.4 Å². The van der Waals surface area contributed by atoms with Gasteiger partial charge < -0.3 is 16.8 Å². The van der Waals surface area contributed by atoms with E-state index in [2.05, 4.69) is 22.4 Å². The summed E-state index contributed by atoms with van der Waals surface area (Å²) in [5, 5.41) is 4.30. The Morgan fingerprint density at radius 1 is 0.900 bits per heavy atom. The van der Waals surface area contributed by atoms with Gasteiger partial charge in [-0.2, -0.15) is 0 Å². The number of pyridine rings is 1. The number of aryl methyl sites for hydroxylation is 1. The van der Waals surface area contributed by atoms with Crippen LogP contribution in [0.25, 0.3) is 10.9 Å². The van der Waals surface area contributed by atoms with Crippen LogP contribution in [0.5, 0.6) is 0 Å². The smallest absolute Gasteiger partial charge is 0.252 e. The van der Waals surface area contributed by atoms with Crippen LogP contribution in [0.4, 0.5) is 11.4 Å². The van der Waals surface area contributed by atoms with Crippen LogP contribution in [0.3, 0.4) is 0 Å². The Kier molecular flexibility index (Phi) is 8.21. The van der Waals surface area contributed by atoms with E-state index in [0.29, 0.717) is 5.56 Å². The number of unbranched alkanes of at least 4 members (excludes halogenated alkanes) is 6. The molecular formula is C25H32N4O. The molecule has 0 spiro atoms. The van der Waals surface area contributed by atoms with Crippen LogP contribution < -0.4 is 16.8 Å². The van der Waals surface area contributed by atoms with Gasteiger partial charge in [-0.15, -0.1) is 0 Å². The highest BCUT2D eigenvalue weighted by atomic mass is 16.1. The molecule has 5 heteroatoms. The number of hydrogen-bond donors (Lipinski definition) is 3. The zero-order valence-corrected chi connectivity index (χ0v) is 17.6. The van der Waals surface area contributed by atoms with Gasteiger partial charge in [-0.25, -0.2) is 0 Å². The van der Waals surface area contributed by atoms with Crippen molar-refractivity contribution in [2.75, 3.05) is 11.9 Å². The lowest BCUT2D eigenvalue weighted by Crippen LogP contribution is -2.14. The number of aromatic nitrogens is 1. The Morgan fingerprint density at radius 2 is 1.60 bits per heavy atom. The molecule has 0 saturated carbocycles. The van der Waals surface area contributed by atoms with Crippen molar-refractivity contribution < 1.29 is 4.79 Å². The highest BCUT2D eigenvalue weighted by Gasteiger charge is 2.14. The summed E-state index contributed by atoms with van der Waals surface area (Å²) < 4.78 is 0. The van der Waals surface area contributed by atoms with Crippen molar-refractivity contribution in [3.05, 3.63) is 65.9 Å². The standard InChI is InChI=1S/C25H32N4O/c26-16-10-5-3-1-2-4-7-11-19-14-15-23-21(17-19)24(22(18-28-23)25(27)30)29-20-12-8-6-9-13-20/h6,8-9,12-15,17-18H,1-5,7,10-11,16,26H2,(H2,27,30)(H,28,29). The zero-order chi connectivity index (χ0) is 21.2. The summed E-state index contributed by atoms with van der Waals surface area (Å²) in [6, 6.07) is 16.1. The topological polar surface area (TPSA) is 94.0 Å². The second-order valence-corrected chi connectivity index (χ2v) is 7.77. The molecule has 3 rings (SSSR count). The van der Waals surface area contributed by atoms with E-state index in [9.17, 15) is 4.79 Å². The Morgan fingerprint density at radius 3 is 2.30 bits per heavy atom. The number of benzene rings is 2. The van der Waals surface area contributed by atoms with Gasteiger partial charge in [0.2, 0.25) is 0 Å². The number of fused-ring (bicyclic) bond motifs is 1. The van der Waals surface area contributed by atoms with Crippen molar-refractivity contribution in [2.45, 2.75) is 51.4 Å². The summed E-state index contributed by atoms with van der Waals surface area (Å²) in [5.74, 6) is -0.483. The summed E-state index contributed by atoms with van der Waals surface area (Å²) in [7, 11) is 0. The van der Waals surface area contributed by atoms with Crippen LogP contribution in [0.1, 0.15) is 60.9 Å². The second kappa shape index (κ2) is 11.3. The first-order valence-corrected chi connectivity index (χ1v) is 10.9. The molecule has 0 aliphatic rings. The maximum Gasteiger partial charge on any atom is 0.252 e. The van der Waals surface area contributed by atoms with E-state index in [-0.39, 0.29) is 0 Å². The molecule has 3 aromatic rings. The van der Waals surface area contributed by atoms with E-state index in [1.54, 1.807) is 6.20 Å². The maximum absolute atomic E-state index is 12.0. The van der Waals surface area contributed by atoms with Crippen molar-refractivity contribution in [3.8, 4) is 0 Å². The normalized spacial score (nSPS) is 11.0. The lowest BCUT2D eigenvalue weighted by atomic mass is 10.0. The number of carbonyl (C=O) groups excluding carboxylic acids is 1. The van der Waals surface area contributed by atoms with Gasteiger partial charge in [0, 0.05) is 17.3 Å². The van der Waals surface area contributed by atoms with E-state index >= 15 is 0 Å². The number of anilines is 2. The molecule has 0 atom stereocenters. The van der Waals surface area contributed by atoms with Gasteiger partial charge in [0.25, 0.3) is 5.91 Å². The molecule has 5 N–H and O–H groups in total. The fraction of sp³-hybridized carbons (Fsp3) is 0.360. The molecule has 30 heavy (non-hydrogen) atoms. The Hall–Kier alpha value is -2.92. The van der Waals surface area contributed by atoms with E-state index < -0.39 is 5.91 Å². The largest absolute Gasteiger partial charge is 0.365 e. The molecule has 0 fully saturated rings. The third-order valence-electron chi connectivity index (χ3n) is 5.41. The number of carbonyl (C=O) groups is 1. The molecule has 0 radical (unpaired) electrons. The third-order valence-corrected chi connectivity index (χ3v) is 5.41. The van der Waals surface area contributed by atoms with Crippen molar-refractivity contribution in [1.82, 2.24) is 4.98 Å². The van der Waals surface area contributed by atoms with Gasteiger partial charge in [-0.3, -0.25) is 9.78 Å².